The summed E-state index contributed by atoms with van der Waals surface area (Å²) < 4.78 is 10.6. The van der Waals surface area contributed by atoms with Crippen LogP contribution in [-0.2, 0) is 9.47 Å². The Kier molecular flexibility index (Phi) is 3.42. The van der Waals surface area contributed by atoms with Gasteiger partial charge in [0.1, 0.15) is 0 Å². The highest BCUT2D eigenvalue weighted by molar-refractivity contribution is 4.91. The Bertz CT molecular complexity index is 179. The van der Waals surface area contributed by atoms with Crippen molar-refractivity contribution in [2.24, 2.45) is 5.92 Å². The molecule has 2 fully saturated rings. The number of methoxy groups -OCH3 is 1. The fourth-order valence-corrected chi connectivity index (χ4v) is 2.45. The van der Waals surface area contributed by atoms with Crippen molar-refractivity contribution in [1.82, 2.24) is 0 Å². The second-order valence-corrected chi connectivity index (χ2v) is 4.51. The fraction of sp³-hybridized carbons (Fsp3) is 1.00. The first-order chi connectivity index (χ1) is 6.83. The first kappa shape index (κ1) is 10.4. The summed E-state index contributed by atoms with van der Waals surface area (Å²) in [5, 5.41) is 8.97. The molecule has 1 aliphatic heterocycles. The number of aliphatic hydroxyl groups is 1. The molecule has 0 amide bonds. The fourth-order valence-electron chi connectivity index (χ4n) is 2.45. The van der Waals surface area contributed by atoms with Gasteiger partial charge < -0.3 is 14.6 Å². The van der Waals surface area contributed by atoms with E-state index in [9.17, 15) is 0 Å². The molecule has 0 spiro atoms. The third kappa shape index (κ3) is 2.47. The first-order valence-electron chi connectivity index (χ1n) is 5.62. The number of epoxide rings is 1. The normalized spacial score (nSPS) is 37.7. The van der Waals surface area contributed by atoms with Gasteiger partial charge in [-0.25, -0.2) is 0 Å². The van der Waals surface area contributed by atoms with E-state index in [-0.39, 0.29) is 12.7 Å². The lowest BCUT2D eigenvalue weighted by Crippen LogP contribution is -2.19. The summed E-state index contributed by atoms with van der Waals surface area (Å²) in [6.45, 7) is 0.145. The smallest absolute Gasteiger partial charge is 0.0844 e. The van der Waals surface area contributed by atoms with Gasteiger partial charge in [-0.3, -0.25) is 0 Å². The maximum atomic E-state index is 8.97. The molecular weight excluding hydrogens is 180 g/mol. The Morgan fingerprint density at radius 2 is 2.29 bits per heavy atom. The lowest BCUT2D eigenvalue weighted by Gasteiger charge is -2.20. The minimum Gasteiger partial charge on any atom is -0.394 e. The highest BCUT2D eigenvalue weighted by atomic mass is 16.6. The number of rotatable bonds is 5. The molecule has 4 unspecified atom stereocenters. The second-order valence-electron chi connectivity index (χ2n) is 4.51. The van der Waals surface area contributed by atoms with E-state index in [1.54, 1.807) is 7.11 Å². The van der Waals surface area contributed by atoms with Crippen molar-refractivity contribution in [2.45, 2.75) is 50.4 Å². The minimum absolute atomic E-state index is 0.0350. The molecule has 14 heavy (non-hydrogen) atoms. The van der Waals surface area contributed by atoms with Crippen molar-refractivity contribution in [3.63, 3.8) is 0 Å². The number of ether oxygens (including phenoxy) is 2. The summed E-state index contributed by atoms with van der Waals surface area (Å²) in [6, 6.07) is 0. The van der Waals surface area contributed by atoms with E-state index in [1.165, 1.54) is 25.7 Å². The van der Waals surface area contributed by atoms with Crippen LogP contribution in [0.15, 0.2) is 0 Å². The lowest BCUT2D eigenvalue weighted by molar-refractivity contribution is 0.0378. The summed E-state index contributed by atoms with van der Waals surface area (Å²) >= 11 is 0. The van der Waals surface area contributed by atoms with Gasteiger partial charge in [0.2, 0.25) is 0 Å². The van der Waals surface area contributed by atoms with Crippen LogP contribution in [0.4, 0.5) is 0 Å². The molecule has 0 radical (unpaired) electrons. The van der Waals surface area contributed by atoms with Gasteiger partial charge in [0.15, 0.2) is 0 Å². The molecule has 0 aromatic rings. The van der Waals surface area contributed by atoms with Crippen molar-refractivity contribution in [1.29, 1.82) is 0 Å². The SMILES string of the molecule is COC(CO)CCC1CCC2OC2C1. The molecule has 2 aliphatic rings. The maximum Gasteiger partial charge on any atom is 0.0844 e. The van der Waals surface area contributed by atoms with Crippen LogP contribution in [0.2, 0.25) is 0 Å². The summed E-state index contributed by atoms with van der Waals surface area (Å²) in [5.41, 5.74) is 0. The van der Waals surface area contributed by atoms with Crippen molar-refractivity contribution in [3.8, 4) is 0 Å². The van der Waals surface area contributed by atoms with Gasteiger partial charge in [-0.2, -0.15) is 0 Å². The number of hydrogen-bond donors (Lipinski definition) is 1. The van der Waals surface area contributed by atoms with Crippen LogP contribution in [0.1, 0.15) is 32.1 Å². The molecule has 4 atom stereocenters. The predicted octanol–water partition coefficient (Wildman–Crippen LogP) is 1.34. The van der Waals surface area contributed by atoms with Crippen molar-refractivity contribution in [2.75, 3.05) is 13.7 Å². The van der Waals surface area contributed by atoms with Gasteiger partial charge in [0, 0.05) is 7.11 Å². The first-order valence-corrected chi connectivity index (χ1v) is 5.62. The zero-order valence-corrected chi connectivity index (χ0v) is 8.82. The zero-order chi connectivity index (χ0) is 9.97. The summed E-state index contributed by atoms with van der Waals surface area (Å²) in [4.78, 5) is 0. The molecule has 1 saturated heterocycles. The minimum atomic E-state index is 0.0350. The van der Waals surface area contributed by atoms with Gasteiger partial charge >= 0.3 is 0 Å². The van der Waals surface area contributed by atoms with Crippen LogP contribution in [0.25, 0.3) is 0 Å². The van der Waals surface area contributed by atoms with Crippen LogP contribution in [-0.4, -0.2) is 37.1 Å². The van der Waals surface area contributed by atoms with Crippen molar-refractivity contribution in [3.05, 3.63) is 0 Å². The average molecular weight is 200 g/mol. The highest BCUT2D eigenvalue weighted by Gasteiger charge is 2.43. The third-order valence-electron chi connectivity index (χ3n) is 3.55. The van der Waals surface area contributed by atoms with Gasteiger partial charge in [-0.05, 0) is 38.0 Å². The molecule has 3 nitrogen and oxygen atoms in total. The number of hydrogen-bond acceptors (Lipinski definition) is 3. The summed E-state index contributed by atoms with van der Waals surface area (Å²) in [6.07, 6.45) is 7.13. The van der Waals surface area contributed by atoms with E-state index in [4.69, 9.17) is 14.6 Å². The molecular formula is C11H20O3. The lowest BCUT2D eigenvalue weighted by atomic mass is 9.85. The predicted molar refractivity (Wildman–Crippen MR) is 53.1 cm³/mol. The topological polar surface area (TPSA) is 42.0 Å². The van der Waals surface area contributed by atoms with Gasteiger partial charge in [-0.15, -0.1) is 0 Å². The quantitative estimate of drug-likeness (QED) is 0.681. The Balaban J connectivity index is 1.64. The maximum absolute atomic E-state index is 8.97. The zero-order valence-electron chi connectivity index (χ0n) is 8.82. The third-order valence-corrected chi connectivity index (χ3v) is 3.55. The van der Waals surface area contributed by atoms with Crippen LogP contribution in [0.5, 0.6) is 0 Å². The van der Waals surface area contributed by atoms with Gasteiger partial charge in [0.25, 0.3) is 0 Å². The average Bonchev–Trinajstić information content (AvgIpc) is 2.97. The molecule has 1 N–H and O–H groups in total. The molecule has 1 aliphatic carbocycles. The summed E-state index contributed by atoms with van der Waals surface area (Å²) in [7, 11) is 1.67. The number of aliphatic hydroxyl groups excluding tert-OH is 1. The van der Waals surface area contributed by atoms with Crippen LogP contribution in [0, 0.1) is 5.92 Å². The molecule has 82 valence electrons. The molecule has 1 heterocycles. The standard InChI is InChI=1S/C11H20O3/c1-13-9(7-12)4-2-8-3-5-10-11(6-8)14-10/h8-12H,2-7H2,1H3. The molecule has 0 aromatic heterocycles. The van der Waals surface area contributed by atoms with Crippen LogP contribution >= 0.6 is 0 Å². The highest BCUT2D eigenvalue weighted by Crippen LogP contribution is 2.41. The Morgan fingerprint density at radius 3 is 2.93 bits per heavy atom. The molecule has 2 rings (SSSR count). The molecule has 0 bridgehead atoms. The Morgan fingerprint density at radius 1 is 1.43 bits per heavy atom. The largest absolute Gasteiger partial charge is 0.394 e. The van der Waals surface area contributed by atoms with E-state index < -0.39 is 0 Å². The van der Waals surface area contributed by atoms with Crippen molar-refractivity contribution < 1.29 is 14.6 Å². The number of fused-ring (bicyclic) bond motifs is 1. The molecule has 0 aromatic carbocycles. The van der Waals surface area contributed by atoms with E-state index >= 15 is 0 Å². The van der Waals surface area contributed by atoms with Crippen molar-refractivity contribution >= 4 is 0 Å². The molecule has 3 heteroatoms. The van der Waals surface area contributed by atoms with Gasteiger partial charge in [-0.1, -0.05) is 0 Å². The van der Waals surface area contributed by atoms with Crippen LogP contribution in [0.3, 0.4) is 0 Å². The van der Waals surface area contributed by atoms with Gasteiger partial charge in [0.05, 0.1) is 24.9 Å². The van der Waals surface area contributed by atoms with Crippen LogP contribution < -0.4 is 0 Å². The van der Waals surface area contributed by atoms with E-state index in [0.717, 1.165) is 12.3 Å². The molecule has 1 saturated carbocycles. The van der Waals surface area contributed by atoms with E-state index in [1.807, 2.05) is 0 Å². The Labute approximate surface area is 85.4 Å². The second kappa shape index (κ2) is 4.60. The van der Waals surface area contributed by atoms with E-state index in [0.29, 0.717) is 12.2 Å². The Hall–Kier alpha value is -0.120. The summed E-state index contributed by atoms with van der Waals surface area (Å²) in [5.74, 6) is 0.794. The van der Waals surface area contributed by atoms with E-state index in [2.05, 4.69) is 0 Å². The monoisotopic (exact) mass is 200 g/mol.